The number of carbonyl (C=O) groups excluding carboxylic acids is 1. The van der Waals surface area contributed by atoms with Crippen LogP contribution in [0.15, 0.2) is 60.2 Å². The van der Waals surface area contributed by atoms with E-state index in [2.05, 4.69) is 44.1 Å². The van der Waals surface area contributed by atoms with Crippen LogP contribution in [-0.2, 0) is 4.79 Å². The van der Waals surface area contributed by atoms with Gasteiger partial charge in [-0.2, -0.15) is 5.26 Å². The van der Waals surface area contributed by atoms with Crippen molar-refractivity contribution in [1.82, 2.24) is 0 Å². The van der Waals surface area contributed by atoms with Crippen LogP contribution >= 0.6 is 0 Å². The van der Waals surface area contributed by atoms with E-state index in [1.165, 1.54) is 5.57 Å². The molecule has 0 fully saturated rings. The van der Waals surface area contributed by atoms with E-state index in [0.29, 0.717) is 5.69 Å². The van der Waals surface area contributed by atoms with Crippen molar-refractivity contribution < 1.29 is 4.79 Å². The first-order valence-electron chi connectivity index (χ1n) is 8.88. The average Bonchev–Trinajstić information content (AvgIpc) is 2.64. The van der Waals surface area contributed by atoms with Gasteiger partial charge in [0.15, 0.2) is 0 Å². The lowest BCUT2D eigenvalue weighted by atomic mass is 9.88. The Balaban J connectivity index is 1.91. The molecule has 0 saturated heterocycles. The van der Waals surface area contributed by atoms with Gasteiger partial charge in [0, 0.05) is 24.0 Å². The zero-order valence-corrected chi connectivity index (χ0v) is 16.1. The van der Waals surface area contributed by atoms with E-state index in [9.17, 15) is 10.1 Å². The van der Waals surface area contributed by atoms with Crippen LogP contribution in [0.3, 0.4) is 0 Å². The zero-order chi connectivity index (χ0) is 19.6. The number of allylic oxidation sites excluding steroid dienone is 1. The first-order valence-corrected chi connectivity index (χ1v) is 8.88. The van der Waals surface area contributed by atoms with Crippen molar-refractivity contribution >= 4 is 28.9 Å². The normalized spacial score (nSPS) is 15.4. The Hall–Kier alpha value is -3.32. The summed E-state index contributed by atoms with van der Waals surface area (Å²) in [6, 6.07) is 17.1. The molecule has 27 heavy (non-hydrogen) atoms. The molecular formula is C23H23N3O. The summed E-state index contributed by atoms with van der Waals surface area (Å²) in [6.07, 6.45) is 3.86. The molecule has 0 aromatic heterocycles. The fourth-order valence-electron chi connectivity index (χ4n) is 3.30. The number of rotatable bonds is 3. The van der Waals surface area contributed by atoms with E-state index in [1.54, 1.807) is 18.2 Å². The van der Waals surface area contributed by atoms with Crippen molar-refractivity contribution in [2.75, 3.05) is 17.3 Å². The molecule has 1 aliphatic rings. The Kier molecular flexibility index (Phi) is 4.87. The van der Waals surface area contributed by atoms with Gasteiger partial charge in [0.2, 0.25) is 0 Å². The predicted octanol–water partition coefficient (Wildman–Crippen LogP) is 4.86. The second-order valence-electron chi connectivity index (χ2n) is 7.31. The van der Waals surface area contributed by atoms with Crippen molar-refractivity contribution in [3.05, 3.63) is 71.3 Å². The van der Waals surface area contributed by atoms with Gasteiger partial charge in [-0.05, 0) is 62.2 Å². The lowest BCUT2D eigenvalue weighted by Gasteiger charge is -2.40. The largest absolute Gasteiger partial charge is 0.366 e. The monoisotopic (exact) mass is 357 g/mol. The smallest absolute Gasteiger partial charge is 0.266 e. The van der Waals surface area contributed by atoms with Crippen LogP contribution in [0.4, 0.5) is 11.4 Å². The highest BCUT2D eigenvalue weighted by Gasteiger charge is 2.28. The van der Waals surface area contributed by atoms with Gasteiger partial charge in [-0.3, -0.25) is 4.79 Å². The van der Waals surface area contributed by atoms with Crippen LogP contribution in [-0.4, -0.2) is 18.5 Å². The SMILES string of the molecule is CC1=CC(C)(C)N(C)c2ccc(/C=C(/C#N)C(=O)Nc3ccccc3)cc21. The molecule has 136 valence electrons. The molecular weight excluding hydrogens is 334 g/mol. The summed E-state index contributed by atoms with van der Waals surface area (Å²) in [5, 5.41) is 12.2. The molecule has 0 unspecified atom stereocenters. The zero-order valence-electron chi connectivity index (χ0n) is 16.1. The third-order valence-electron chi connectivity index (χ3n) is 4.95. The van der Waals surface area contributed by atoms with Crippen molar-refractivity contribution in [3.8, 4) is 6.07 Å². The van der Waals surface area contributed by atoms with E-state index in [1.807, 2.05) is 42.5 Å². The minimum atomic E-state index is -0.410. The van der Waals surface area contributed by atoms with Crippen molar-refractivity contribution in [2.45, 2.75) is 26.3 Å². The molecule has 0 spiro atoms. The standard InChI is InChI=1S/C23H23N3O/c1-16-14-23(2,3)26(4)21-11-10-17(13-20(16)21)12-18(15-24)22(27)25-19-8-6-5-7-9-19/h5-14H,1-4H3,(H,25,27)/b18-12-. The number of nitrogens with one attached hydrogen (secondary N) is 1. The van der Waals surface area contributed by atoms with E-state index >= 15 is 0 Å². The summed E-state index contributed by atoms with van der Waals surface area (Å²) < 4.78 is 0. The molecule has 0 radical (unpaired) electrons. The van der Waals surface area contributed by atoms with Gasteiger partial charge in [-0.15, -0.1) is 0 Å². The molecule has 1 aliphatic heterocycles. The molecule has 0 atom stereocenters. The quantitative estimate of drug-likeness (QED) is 0.630. The van der Waals surface area contributed by atoms with Gasteiger partial charge in [-0.25, -0.2) is 0 Å². The van der Waals surface area contributed by atoms with E-state index in [-0.39, 0.29) is 11.1 Å². The Morgan fingerprint density at radius 2 is 1.89 bits per heavy atom. The molecule has 2 aromatic carbocycles. The van der Waals surface area contributed by atoms with Gasteiger partial charge >= 0.3 is 0 Å². The van der Waals surface area contributed by atoms with Gasteiger partial charge in [0.25, 0.3) is 5.91 Å². The number of para-hydroxylation sites is 1. The maximum Gasteiger partial charge on any atom is 0.266 e. The maximum absolute atomic E-state index is 12.4. The number of benzene rings is 2. The summed E-state index contributed by atoms with van der Waals surface area (Å²) in [4.78, 5) is 14.6. The highest BCUT2D eigenvalue weighted by atomic mass is 16.1. The number of hydrogen-bond donors (Lipinski definition) is 1. The molecule has 4 heteroatoms. The fourth-order valence-corrected chi connectivity index (χ4v) is 3.30. The topological polar surface area (TPSA) is 56.1 Å². The first kappa shape index (κ1) is 18.5. The van der Waals surface area contributed by atoms with Crippen LogP contribution in [0.25, 0.3) is 11.6 Å². The van der Waals surface area contributed by atoms with E-state index in [4.69, 9.17) is 0 Å². The second kappa shape index (κ2) is 7.13. The molecule has 0 aliphatic carbocycles. The predicted molar refractivity (Wildman–Crippen MR) is 111 cm³/mol. The molecule has 0 saturated carbocycles. The number of nitrogens with zero attached hydrogens (tertiary/aromatic N) is 2. The molecule has 3 rings (SSSR count). The summed E-state index contributed by atoms with van der Waals surface area (Å²) in [5.41, 5.74) is 4.96. The van der Waals surface area contributed by atoms with Crippen LogP contribution in [0.2, 0.25) is 0 Å². The Morgan fingerprint density at radius 1 is 1.19 bits per heavy atom. The Morgan fingerprint density at radius 3 is 2.56 bits per heavy atom. The number of nitriles is 1. The number of amides is 1. The number of anilines is 2. The number of carbonyl (C=O) groups is 1. The number of likely N-dealkylation sites (N-methyl/N-ethyl adjacent to an activating group) is 1. The molecule has 1 N–H and O–H groups in total. The Bertz CT molecular complexity index is 978. The van der Waals surface area contributed by atoms with Crippen LogP contribution < -0.4 is 10.2 Å². The fraction of sp³-hybridized carbons (Fsp3) is 0.217. The summed E-state index contributed by atoms with van der Waals surface area (Å²) >= 11 is 0. The second-order valence-corrected chi connectivity index (χ2v) is 7.31. The minimum absolute atomic E-state index is 0.0537. The lowest BCUT2D eigenvalue weighted by molar-refractivity contribution is -0.112. The van der Waals surface area contributed by atoms with E-state index in [0.717, 1.165) is 16.8 Å². The Labute approximate surface area is 160 Å². The van der Waals surface area contributed by atoms with E-state index < -0.39 is 5.91 Å². The average molecular weight is 357 g/mol. The third kappa shape index (κ3) is 3.78. The highest BCUT2D eigenvalue weighted by molar-refractivity contribution is 6.09. The molecule has 4 nitrogen and oxygen atoms in total. The number of fused-ring (bicyclic) bond motifs is 1. The lowest BCUT2D eigenvalue weighted by Crippen LogP contribution is -2.42. The molecule has 1 heterocycles. The molecule has 1 amide bonds. The summed E-state index contributed by atoms with van der Waals surface area (Å²) in [5.74, 6) is -0.410. The third-order valence-corrected chi connectivity index (χ3v) is 4.95. The summed E-state index contributed by atoms with van der Waals surface area (Å²) in [6.45, 7) is 6.44. The first-order chi connectivity index (χ1) is 12.8. The van der Waals surface area contributed by atoms with Gasteiger partial charge in [-0.1, -0.05) is 30.3 Å². The van der Waals surface area contributed by atoms with Crippen molar-refractivity contribution in [1.29, 1.82) is 5.26 Å². The van der Waals surface area contributed by atoms with Crippen molar-refractivity contribution in [2.24, 2.45) is 0 Å². The van der Waals surface area contributed by atoms with Crippen molar-refractivity contribution in [3.63, 3.8) is 0 Å². The summed E-state index contributed by atoms with van der Waals surface area (Å²) in [7, 11) is 2.07. The van der Waals surface area contributed by atoms with Crippen LogP contribution in [0.1, 0.15) is 31.9 Å². The van der Waals surface area contributed by atoms with Crippen LogP contribution in [0, 0.1) is 11.3 Å². The van der Waals surface area contributed by atoms with Gasteiger partial charge in [0.1, 0.15) is 11.6 Å². The van der Waals surface area contributed by atoms with Gasteiger partial charge < -0.3 is 10.2 Å². The molecule has 2 aromatic rings. The van der Waals surface area contributed by atoms with Crippen LogP contribution in [0.5, 0.6) is 0 Å². The molecule has 0 bridgehead atoms. The maximum atomic E-state index is 12.4. The highest BCUT2D eigenvalue weighted by Crippen LogP contribution is 2.38. The number of hydrogen-bond acceptors (Lipinski definition) is 3. The van der Waals surface area contributed by atoms with Gasteiger partial charge in [0.05, 0.1) is 5.54 Å². The minimum Gasteiger partial charge on any atom is -0.366 e.